The molecule has 1 aliphatic carbocycles. The van der Waals surface area contributed by atoms with Gasteiger partial charge in [0, 0.05) is 36.4 Å². The van der Waals surface area contributed by atoms with Crippen molar-refractivity contribution in [3.05, 3.63) is 57.6 Å². The number of hydrogen-bond donors (Lipinski definition) is 3. The number of carbonyl (C=O) groups is 1. The van der Waals surface area contributed by atoms with E-state index < -0.39 is 10.8 Å². The summed E-state index contributed by atoms with van der Waals surface area (Å²) >= 11 is 0. The van der Waals surface area contributed by atoms with Crippen LogP contribution in [0.15, 0.2) is 36.4 Å². The molecule has 0 saturated heterocycles. The van der Waals surface area contributed by atoms with Crippen molar-refractivity contribution in [2.45, 2.75) is 44.3 Å². The van der Waals surface area contributed by atoms with Gasteiger partial charge in [0.25, 0.3) is 11.6 Å². The zero-order valence-electron chi connectivity index (χ0n) is 17.7. The van der Waals surface area contributed by atoms with Gasteiger partial charge in [0.05, 0.1) is 24.7 Å². The van der Waals surface area contributed by atoms with Crippen molar-refractivity contribution in [2.75, 3.05) is 19.5 Å². The number of amides is 1. The SMILES string of the molecule is COc1ccc(CNC(=O)c2cc([N+](=O)[O-])ccc2N[C@H]2CC[C@@H](N)CC2)cc1OC. The topological polar surface area (TPSA) is 129 Å². The van der Waals surface area contributed by atoms with Gasteiger partial charge in [-0.3, -0.25) is 14.9 Å². The summed E-state index contributed by atoms with van der Waals surface area (Å²) in [6, 6.07) is 10.0. The minimum Gasteiger partial charge on any atom is -0.493 e. The molecule has 0 radical (unpaired) electrons. The summed E-state index contributed by atoms with van der Waals surface area (Å²) < 4.78 is 10.5. The Morgan fingerprint density at radius 2 is 1.81 bits per heavy atom. The number of nitro groups is 1. The van der Waals surface area contributed by atoms with Crippen molar-refractivity contribution in [3.63, 3.8) is 0 Å². The zero-order chi connectivity index (χ0) is 22.4. The maximum atomic E-state index is 12.9. The molecule has 9 heteroatoms. The highest BCUT2D eigenvalue weighted by Gasteiger charge is 2.22. The minimum absolute atomic E-state index is 0.132. The number of carbonyl (C=O) groups excluding carboxylic acids is 1. The molecule has 31 heavy (non-hydrogen) atoms. The lowest BCUT2D eigenvalue weighted by Crippen LogP contribution is -2.33. The quantitative estimate of drug-likeness (QED) is 0.435. The second-order valence-electron chi connectivity index (χ2n) is 7.62. The maximum absolute atomic E-state index is 12.9. The van der Waals surface area contributed by atoms with Gasteiger partial charge >= 0.3 is 0 Å². The van der Waals surface area contributed by atoms with Gasteiger partial charge < -0.3 is 25.8 Å². The lowest BCUT2D eigenvalue weighted by molar-refractivity contribution is -0.384. The third-order valence-electron chi connectivity index (χ3n) is 5.49. The van der Waals surface area contributed by atoms with Crippen LogP contribution < -0.4 is 25.8 Å². The van der Waals surface area contributed by atoms with E-state index in [-0.39, 0.29) is 29.9 Å². The highest BCUT2D eigenvalue weighted by atomic mass is 16.6. The van der Waals surface area contributed by atoms with Gasteiger partial charge in [0.2, 0.25) is 0 Å². The third kappa shape index (κ3) is 5.64. The van der Waals surface area contributed by atoms with Crippen molar-refractivity contribution >= 4 is 17.3 Å². The number of nitro benzene ring substituents is 1. The molecule has 1 aliphatic rings. The van der Waals surface area contributed by atoms with Crippen LogP contribution in [0, 0.1) is 10.1 Å². The number of nitrogens with one attached hydrogen (secondary N) is 2. The second kappa shape index (κ2) is 10.1. The van der Waals surface area contributed by atoms with E-state index in [1.54, 1.807) is 32.4 Å². The molecule has 166 valence electrons. The average Bonchev–Trinajstić information content (AvgIpc) is 2.78. The van der Waals surface area contributed by atoms with E-state index in [2.05, 4.69) is 10.6 Å². The summed E-state index contributed by atoms with van der Waals surface area (Å²) in [5.41, 5.74) is 7.47. The number of methoxy groups -OCH3 is 2. The predicted octanol–water partition coefficient (Wildman–Crippen LogP) is 3.22. The van der Waals surface area contributed by atoms with E-state index in [1.807, 2.05) is 6.07 Å². The van der Waals surface area contributed by atoms with Gasteiger partial charge in [-0.2, -0.15) is 0 Å². The molecular weight excluding hydrogens is 400 g/mol. The molecule has 0 unspecified atom stereocenters. The first-order chi connectivity index (χ1) is 14.9. The molecule has 1 saturated carbocycles. The number of hydrogen-bond acceptors (Lipinski definition) is 7. The van der Waals surface area contributed by atoms with Crippen LogP contribution in [0.2, 0.25) is 0 Å². The van der Waals surface area contributed by atoms with E-state index in [4.69, 9.17) is 15.2 Å². The Hall–Kier alpha value is -3.33. The highest BCUT2D eigenvalue weighted by molar-refractivity contribution is 6.00. The van der Waals surface area contributed by atoms with E-state index in [0.29, 0.717) is 17.2 Å². The molecule has 0 heterocycles. The van der Waals surface area contributed by atoms with Gasteiger partial charge in [-0.15, -0.1) is 0 Å². The Kier molecular flexibility index (Phi) is 7.30. The summed E-state index contributed by atoms with van der Waals surface area (Å²) in [6.45, 7) is 0.236. The van der Waals surface area contributed by atoms with E-state index >= 15 is 0 Å². The highest BCUT2D eigenvalue weighted by Crippen LogP contribution is 2.29. The molecule has 1 fully saturated rings. The molecule has 1 amide bonds. The molecular formula is C22H28N4O5. The molecule has 3 rings (SSSR count). The van der Waals surface area contributed by atoms with Crippen molar-refractivity contribution in [3.8, 4) is 11.5 Å². The van der Waals surface area contributed by atoms with Crippen LogP contribution in [0.4, 0.5) is 11.4 Å². The molecule has 0 spiro atoms. The standard InChI is InChI=1S/C22H28N4O5/c1-30-20-10-3-14(11-21(20)31-2)13-24-22(27)18-12-17(26(28)29)8-9-19(18)25-16-6-4-15(23)5-7-16/h3,8-12,15-16,25H,4-7,13,23H2,1-2H3,(H,24,27)/t15-,16+. The monoisotopic (exact) mass is 428 g/mol. The molecule has 9 nitrogen and oxygen atoms in total. The number of benzene rings is 2. The van der Waals surface area contributed by atoms with Crippen molar-refractivity contribution in [1.82, 2.24) is 5.32 Å². The molecule has 0 atom stereocenters. The van der Waals surface area contributed by atoms with Crippen LogP contribution >= 0.6 is 0 Å². The largest absolute Gasteiger partial charge is 0.493 e. The Morgan fingerprint density at radius 1 is 1.10 bits per heavy atom. The number of nitrogens with zero attached hydrogens (tertiary/aromatic N) is 1. The molecule has 0 bridgehead atoms. The summed E-state index contributed by atoms with van der Waals surface area (Å²) in [7, 11) is 3.09. The normalized spacial score (nSPS) is 18.2. The van der Waals surface area contributed by atoms with Crippen LogP contribution in [0.25, 0.3) is 0 Å². The fourth-order valence-corrected chi connectivity index (χ4v) is 3.71. The summed E-state index contributed by atoms with van der Waals surface area (Å²) in [5.74, 6) is 0.755. The lowest BCUT2D eigenvalue weighted by atomic mass is 9.91. The summed E-state index contributed by atoms with van der Waals surface area (Å²) in [6.07, 6.45) is 3.60. The van der Waals surface area contributed by atoms with Crippen LogP contribution in [0.1, 0.15) is 41.6 Å². The van der Waals surface area contributed by atoms with Gasteiger partial charge in [-0.1, -0.05) is 6.07 Å². The second-order valence-corrected chi connectivity index (χ2v) is 7.62. The van der Waals surface area contributed by atoms with E-state index in [1.165, 1.54) is 12.1 Å². The molecule has 2 aromatic rings. The van der Waals surface area contributed by atoms with Crippen molar-refractivity contribution in [2.24, 2.45) is 5.73 Å². The first kappa shape index (κ1) is 22.4. The first-order valence-electron chi connectivity index (χ1n) is 10.2. The van der Waals surface area contributed by atoms with Crippen molar-refractivity contribution < 1.29 is 19.2 Å². The van der Waals surface area contributed by atoms with Gasteiger partial charge in [-0.05, 0) is 49.4 Å². The van der Waals surface area contributed by atoms with Gasteiger partial charge in [-0.25, -0.2) is 0 Å². The summed E-state index contributed by atoms with van der Waals surface area (Å²) in [4.78, 5) is 23.7. The zero-order valence-corrected chi connectivity index (χ0v) is 17.7. The Morgan fingerprint density at radius 3 is 2.45 bits per heavy atom. The van der Waals surface area contributed by atoms with Crippen molar-refractivity contribution in [1.29, 1.82) is 0 Å². The van der Waals surface area contributed by atoms with Gasteiger partial charge in [0.15, 0.2) is 11.5 Å². The lowest BCUT2D eigenvalue weighted by Gasteiger charge is -2.28. The predicted molar refractivity (Wildman–Crippen MR) is 118 cm³/mol. The summed E-state index contributed by atoms with van der Waals surface area (Å²) in [5, 5.41) is 17.4. The molecule has 0 aromatic heterocycles. The number of ether oxygens (including phenoxy) is 2. The number of rotatable bonds is 8. The fraction of sp³-hybridized carbons (Fsp3) is 0.409. The Bertz CT molecular complexity index is 941. The fourth-order valence-electron chi connectivity index (χ4n) is 3.71. The Balaban J connectivity index is 1.76. The van der Waals surface area contributed by atoms with Gasteiger partial charge in [0.1, 0.15) is 0 Å². The first-order valence-corrected chi connectivity index (χ1v) is 10.2. The van der Waals surface area contributed by atoms with E-state index in [0.717, 1.165) is 31.2 Å². The van der Waals surface area contributed by atoms with Crippen LogP contribution in [0.5, 0.6) is 11.5 Å². The number of non-ortho nitro benzene ring substituents is 1. The number of nitrogens with two attached hydrogens (primary N) is 1. The van der Waals surface area contributed by atoms with Crippen LogP contribution in [-0.2, 0) is 6.54 Å². The molecule has 4 N–H and O–H groups in total. The average molecular weight is 428 g/mol. The Labute approximate surface area is 181 Å². The smallest absolute Gasteiger partial charge is 0.270 e. The van der Waals surface area contributed by atoms with Crippen LogP contribution in [0.3, 0.4) is 0 Å². The maximum Gasteiger partial charge on any atom is 0.270 e. The van der Waals surface area contributed by atoms with E-state index in [9.17, 15) is 14.9 Å². The minimum atomic E-state index is -0.505. The third-order valence-corrected chi connectivity index (χ3v) is 5.49. The molecule has 0 aliphatic heterocycles. The van der Waals surface area contributed by atoms with Crippen LogP contribution in [-0.4, -0.2) is 37.1 Å². The molecule has 2 aromatic carbocycles. The number of anilines is 1.